The molecule has 0 atom stereocenters. The van der Waals surface area contributed by atoms with Gasteiger partial charge in [-0.3, -0.25) is 20.3 Å². The molecule has 1 amide bonds. The number of thioether (sulfide) groups is 1. The van der Waals surface area contributed by atoms with Gasteiger partial charge in [-0.25, -0.2) is 4.98 Å². The Morgan fingerprint density at radius 3 is 3.00 bits per heavy atom. The van der Waals surface area contributed by atoms with Crippen LogP contribution < -0.4 is 16.6 Å². The first-order valence-corrected chi connectivity index (χ1v) is 6.90. The molecule has 8 nitrogen and oxygen atoms in total. The Hall–Kier alpha value is -1.46. The first-order valence-electron chi connectivity index (χ1n) is 5.10. The summed E-state index contributed by atoms with van der Waals surface area (Å²) in [5, 5.41) is 13.6. The second kappa shape index (κ2) is 6.81. The van der Waals surface area contributed by atoms with Gasteiger partial charge in [-0.1, -0.05) is 23.1 Å². The number of carbonyl (C=O) groups excluding carboxylic acids is 1. The number of rotatable bonds is 3. The van der Waals surface area contributed by atoms with Crippen LogP contribution in [0, 0.1) is 12.3 Å². The number of anilines is 1. The number of nitrogens with one attached hydrogen (secondary N) is 2. The van der Waals surface area contributed by atoms with Crippen LogP contribution in [0.15, 0.2) is 10.9 Å². The van der Waals surface area contributed by atoms with Gasteiger partial charge < -0.3 is 5.73 Å². The number of fused-ring (bicyclic) bond motifs is 1. The van der Waals surface area contributed by atoms with Crippen LogP contribution in [0.2, 0.25) is 0 Å². The second-order valence-electron chi connectivity index (χ2n) is 3.54. The molecule has 0 aliphatic rings. The fourth-order valence-corrected chi connectivity index (χ4v) is 2.50. The highest BCUT2D eigenvalue weighted by Crippen LogP contribution is 2.16. The molecule has 0 unspecified atom stereocenters. The molecule has 0 saturated carbocycles. The number of hydrogen-bond acceptors (Lipinski definition) is 7. The lowest BCUT2D eigenvalue weighted by Crippen LogP contribution is -2.18. The first-order chi connectivity index (χ1) is 8.95. The van der Waals surface area contributed by atoms with E-state index in [1.807, 2.05) is 0 Å². The van der Waals surface area contributed by atoms with Crippen molar-refractivity contribution in [2.24, 2.45) is 5.73 Å². The predicted octanol–water partition coefficient (Wildman–Crippen LogP) is 0.602. The van der Waals surface area contributed by atoms with Gasteiger partial charge in [0.1, 0.15) is 0 Å². The smallest absolute Gasteiger partial charge is 0.275 e. The Kier molecular flexibility index (Phi) is 5.65. The van der Waals surface area contributed by atoms with Crippen LogP contribution in [0.3, 0.4) is 0 Å². The minimum Gasteiger partial charge on any atom is -0.379 e. The van der Waals surface area contributed by atoms with Crippen LogP contribution in [0.5, 0.6) is 0 Å². The molecule has 20 heavy (non-hydrogen) atoms. The van der Waals surface area contributed by atoms with E-state index in [-0.39, 0.29) is 44.5 Å². The van der Waals surface area contributed by atoms with E-state index in [2.05, 4.69) is 15.4 Å². The Morgan fingerprint density at radius 1 is 1.65 bits per heavy atom. The maximum atomic E-state index is 11.6. The highest BCUT2D eigenvalue weighted by molar-refractivity contribution is 8.93. The summed E-state index contributed by atoms with van der Waals surface area (Å²) in [5.74, 6) is -0.323. The normalized spacial score (nSPS) is 10.1. The summed E-state index contributed by atoms with van der Waals surface area (Å²) in [6, 6.07) is 1.37. The standard InChI is InChI=1S/C9H10N6O2S2.BrH/c1-4-2-6(17)15-9(12-4)19-8(14-15)13-5(16)3-18-7(10)11;/h2H,3H2,1H3,(H3,10,11)(H,13,14,16);1H. The molecular formula is C9H11BrN6O2S2. The quantitative estimate of drug-likeness (QED) is 0.530. The van der Waals surface area contributed by atoms with E-state index in [1.165, 1.54) is 6.07 Å². The lowest BCUT2D eigenvalue weighted by atomic mass is 10.5. The molecule has 0 bridgehead atoms. The van der Waals surface area contributed by atoms with Crippen molar-refractivity contribution in [3.63, 3.8) is 0 Å². The van der Waals surface area contributed by atoms with E-state index in [0.717, 1.165) is 27.6 Å². The van der Waals surface area contributed by atoms with E-state index >= 15 is 0 Å². The number of hydrogen-bond donors (Lipinski definition) is 3. The first kappa shape index (κ1) is 16.6. The highest BCUT2D eigenvalue weighted by Gasteiger charge is 2.10. The monoisotopic (exact) mass is 378 g/mol. The van der Waals surface area contributed by atoms with Gasteiger partial charge in [0.25, 0.3) is 5.56 Å². The SMILES string of the molecule is Br.Cc1cc(=O)n2nc(NC(=O)CSC(=N)N)sc2n1. The molecule has 2 heterocycles. The van der Waals surface area contributed by atoms with Crippen molar-refractivity contribution in [2.45, 2.75) is 6.92 Å². The molecule has 2 aromatic heterocycles. The van der Waals surface area contributed by atoms with E-state index in [1.54, 1.807) is 6.92 Å². The molecule has 0 spiro atoms. The number of nitrogens with two attached hydrogens (primary N) is 1. The predicted molar refractivity (Wildman–Crippen MR) is 85.2 cm³/mol. The lowest BCUT2D eigenvalue weighted by Gasteiger charge is -1.98. The van der Waals surface area contributed by atoms with Gasteiger partial charge in [0, 0.05) is 11.8 Å². The minimum atomic E-state index is -0.343. The number of carbonyl (C=O) groups is 1. The van der Waals surface area contributed by atoms with E-state index in [9.17, 15) is 9.59 Å². The molecule has 0 aromatic carbocycles. The van der Waals surface area contributed by atoms with Gasteiger partial charge in [-0.2, -0.15) is 4.52 Å². The van der Waals surface area contributed by atoms with Crippen molar-refractivity contribution in [3.05, 3.63) is 22.1 Å². The summed E-state index contributed by atoms with van der Waals surface area (Å²) >= 11 is 2.02. The molecule has 0 fully saturated rings. The van der Waals surface area contributed by atoms with Crippen LogP contribution in [0.1, 0.15) is 5.69 Å². The number of aryl methyl sites for hydroxylation is 1. The Morgan fingerprint density at radius 2 is 2.35 bits per heavy atom. The van der Waals surface area contributed by atoms with Crippen molar-refractivity contribution in [3.8, 4) is 0 Å². The number of halogens is 1. The summed E-state index contributed by atoms with van der Waals surface area (Å²) in [4.78, 5) is 27.7. The molecule has 0 aliphatic heterocycles. The topological polar surface area (TPSA) is 126 Å². The van der Waals surface area contributed by atoms with Crippen LogP contribution in [0.4, 0.5) is 5.13 Å². The van der Waals surface area contributed by atoms with Crippen molar-refractivity contribution in [1.82, 2.24) is 14.6 Å². The second-order valence-corrected chi connectivity index (χ2v) is 5.51. The van der Waals surface area contributed by atoms with Gasteiger partial charge in [0.2, 0.25) is 16.0 Å². The Balaban J connectivity index is 0.00000200. The molecular weight excluding hydrogens is 368 g/mol. The molecule has 0 radical (unpaired) electrons. The highest BCUT2D eigenvalue weighted by atomic mass is 79.9. The third-order valence-corrected chi connectivity index (χ3v) is 3.52. The van der Waals surface area contributed by atoms with E-state index in [4.69, 9.17) is 11.1 Å². The number of amides is 1. The summed E-state index contributed by atoms with van der Waals surface area (Å²) in [6.07, 6.45) is 0. The fraction of sp³-hybridized carbons (Fsp3) is 0.222. The van der Waals surface area contributed by atoms with E-state index in [0.29, 0.717) is 10.7 Å². The molecule has 0 aliphatic carbocycles. The largest absolute Gasteiger partial charge is 0.379 e. The van der Waals surface area contributed by atoms with Gasteiger partial charge >= 0.3 is 0 Å². The van der Waals surface area contributed by atoms with Gasteiger partial charge in [0.05, 0.1) is 5.75 Å². The average molecular weight is 379 g/mol. The number of amidine groups is 1. The van der Waals surface area contributed by atoms with Crippen LogP contribution in [-0.2, 0) is 4.79 Å². The number of aromatic nitrogens is 3. The van der Waals surface area contributed by atoms with Gasteiger partial charge in [-0.05, 0) is 6.92 Å². The lowest BCUT2D eigenvalue weighted by molar-refractivity contribution is -0.113. The molecule has 11 heteroatoms. The summed E-state index contributed by atoms with van der Waals surface area (Å²) in [7, 11) is 0. The molecule has 2 aromatic rings. The van der Waals surface area contributed by atoms with E-state index < -0.39 is 0 Å². The molecule has 108 valence electrons. The summed E-state index contributed by atoms with van der Waals surface area (Å²) in [6.45, 7) is 1.71. The van der Waals surface area contributed by atoms with Gasteiger partial charge in [-0.15, -0.1) is 22.1 Å². The van der Waals surface area contributed by atoms with Crippen LogP contribution >= 0.6 is 40.1 Å². The fourth-order valence-electron chi connectivity index (χ4n) is 1.27. The van der Waals surface area contributed by atoms with Crippen molar-refractivity contribution in [2.75, 3.05) is 11.1 Å². The Bertz CT molecular complexity index is 712. The zero-order valence-electron chi connectivity index (χ0n) is 10.2. The molecule has 0 saturated heterocycles. The van der Waals surface area contributed by atoms with Crippen molar-refractivity contribution >= 4 is 61.2 Å². The van der Waals surface area contributed by atoms with Crippen molar-refractivity contribution in [1.29, 1.82) is 5.41 Å². The summed E-state index contributed by atoms with van der Waals surface area (Å²) in [5.41, 5.74) is 5.43. The maximum absolute atomic E-state index is 11.6. The molecule has 4 N–H and O–H groups in total. The van der Waals surface area contributed by atoms with Crippen LogP contribution in [-0.4, -0.2) is 31.4 Å². The maximum Gasteiger partial charge on any atom is 0.275 e. The van der Waals surface area contributed by atoms with Crippen molar-refractivity contribution < 1.29 is 4.79 Å². The Labute approximate surface area is 132 Å². The third-order valence-electron chi connectivity index (χ3n) is 1.98. The zero-order valence-corrected chi connectivity index (χ0v) is 13.6. The molecule has 2 rings (SSSR count). The van der Waals surface area contributed by atoms with Gasteiger partial charge in [0.15, 0.2) is 5.17 Å². The minimum absolute atomic E-state index is 0. The zero-order chi connectivity index (χ0) is 14.0. The number of nitrogens with zero attached hydrogens (tertiary/aromatic N) is 3. The summed E-state index contributed by atoms with van der Waals surface area (Å²) < 4.78 is 1.13. The van der Waals surface area contributed by atoms with Crippen LogP contribution in [0.25, 0.3) is 4.96 Å². The third kappa shape index (κ3) is 4.02. The average Bonchev–Trinajstić information content (AvgIpc) is 2.69.